The average Bonchev–Trinajstić information content (AvgIpc) is 1.96. The van der Waals surface area contributed by atoms with E-state index in [-0.39, 0.29) is 0 Å². The lowest BCUT2D eigenvalue weighted by Crippen LogP contribution is -2.16. The first-order valence-corrected chi connectivity index (χ1v) is 4.98. The first-order valence-electron chi connectivity index (χ1n) is 3.83. The third-order valence-electron chi connectivity index (χ3n) is 1.19. The van der Waals surface area contributed by atoms with E-state index in [9.17, 15) is 0 Å². The number of unbranched alkanes of at least 4 members (excludes halogenated alkanes) is 2. The summed E-state index contributed by atoms with van der Waals surface area (Å²) in [6.07, 6.45) is 3.62. The van der Waals surface area contributed by atoms with Gasteiger partial charge in [0, 0.05) is 0 Å². The van der Waals surface area contributed by atoms with E-state index in [0.29, 0.717) is 5.94 Å². The molecule has 0 atom stereocenters. The fraction of sp³-hybridized carbons (Fsp3) is 1.00. The summed E-state index contributed by atoms with van der Waals surface area (Å²) < 4.78 is 4.50. The highest BCUT2D eigenvalue weighted by molar-refractivity contribution is 7.99. The molecule has 0 aromatic rings. The Morgan fingerprint density at radius 1 is 1.36 bits per heavy atom. The summed E-state index contributed by atoms with van der Waals surface area (Å²) in [7, 11) is -1.62. The molecule has 0 bridgehead atoms. The Morgan fingerprint density at radius 2 is 2.09 bits per heavy atom. The molecule has 5 heteroatoms. The lowest BCUT2D eigenvalue weighted by Gasteiger charge is -2.01. The van der Waals surface area contributed by atoms with E-state index >= 15 is 0 Å². The van der Waals surface area contributed by atoms with Gasteiger partial charge in [0.25, 0.3) is 0 Å². The van der Waals surface area contributed by atoms with Crippen molar-refractivity contribution in [2.45, 2.75) is 26.2 Å². The van der Waals surface area contributed by atoms with Crippen molar-refractivity contribution < 1.29 is 14.7 Å². The maximum absolute atomic E-state index is 8.28. The lowest BCUT2D eigenvalue weighted by atomic mass is 10.3. The summed E-state index contributed by atoms with van der Waals surface area (Å²) >= 11 is 1.58. The van der Waals surface area contributed by atoms with E-state index in [0.717, 1.165) is 5.75 Å². The van der Waals surface area contributed by atoms with Crippen LogP contribution in [0.25, 0.3) is 0 Å². The van der Waals surface area contributed by atoms with E-state index in [4.69, 9.17) is 10.0 Å². The third-order valence-corrected chi connectivity index (χ3v) is 2.07. The Labute approximate surface area is 72.3 Å². The molecule has 0 spiro atoms. The molecule has 0 aliphatic carbocycles. The Hall–Kier alpha value is 0.295. The van der Waals surface area contributed by atoms with Crippen LogP contribution in [0.4, 0.5) is 0 Å². The molecule has 0 saturated heterocycles. The molecule has 11 heavy (non-hydrogen) atoms. The molecule has 2 N–H and O–H groups in total. The molecule has 0 heterocycles. The summed E-state index contributed by atoms with van der Waals surface area (Å²) in [6.45, 7) is 2.15. The lowest BCUT2D eigenvalue weighted by molar-refractivity contribution is 0.220. The van der Waals surface area contributed by atoms with Crippen LogP contribution in [0.5, 0.6) is 0 Å². The topological polar surface area (TPSA) is 49.7 Å². The second-order valence-electron chi connectivity index (χ2n) is 2.23. The summed E-state index contributed by atoms with van der Waals surface area (Å²) in [5.74, 6) is 1.39. The Morgan fingerprint density at radius 3 is 2.64 bits per heavy atom. The summed E-state index contributed by atoms with van der Waals surface area (Å²) in [4.78, 5) is 0. The molecule has 0 saturated carbocycles. The van der Waals surface area contributed by atoms with Crippen LogP contribution in [0.15, 0.2) is 0 Å². The van der Waals surface area contributed by atoms with Gasteiger partial charge in [0.05, 0.1) is 5.94 Å². The van der Waals surface area contributed by atoms with Gasteiger partial charge in [0.2, 0.25) is 0 Å². The van der Waals surface area contributed by atoms with Gasteiger partial charge in [-0.3, -0.25) is 0 Å². The third kappa shape index (κ3) is 10.3. The largest absolute Gasteiger partial charge is 0.634 e. The van der Waals surface area contributed by atoms with Gasteiger partial charge in [0.15, 0.2) is 0 Å². The van der Waals surface area contributed by atoms with E-state index in [1.807, 2.05) is 0 Å². The van der Waals surface area contributed by atoms with Gasteiger partial charge in [-0.15, -0.1) is 11.8 Å². The van der Waals surface area contributed by atoms with Crippen LogP contribution in [0.3, 0.4) is 0 Å². The van der Waals surface area contributed by atoms with Crippen molar-refractivity contribution in [1.29, 1.82) is 0 Å². The molecule has 0 unspecified atom stereocenters. The molecule has 0 aromatic carbocycles. The monoisotopic (exact) mass is 178 g/mol. The normalized spacial score (nSPS) is 10.1. The van der Waals surface area contributed by atoms with E-state index < -0.39 is 7.32 Å². The summed E-state index contributed by atoms with van der Waals surface area (Å²) in [5.41, 5.74) is 0. The van der Waals surface area contributed by atoms with Crippen LogP contribution in [-0.2, 0) is 4.65 Å². The molecule has 66 valence electrons. The Balaban J connectivity index is 2.80. The fourth-order valence-corrected chi connectivity index (χ4v) is 1.37. The zero-order chi connectivity index (χ0) is 8.53. The standard InChI is InChI=1S/C6H15BO3S/c1-2-3-4-5-11-6-10-7(8)9/h8-9H,2-6H2,1H3. The van der Waals surface area contributed by atoms with Crippen LogP contribution in [0.2, 0.25) is 0 Å². The van der Waals surface area contributed by atoms with Crippen LogP contribution >= 0.6 is 11.8 Å². The number of hydrogen-bond acceptors (Lipinski definition) is 4. The molecule has 0 rings (SSSR count). The van der Waals surface area contributed by atoms with Gasteiger partial charge in [0.1, 0.15) is 0 Å². The summed E-state index contributed by atoms with van der Waals surface area (Å²) in [6, 6.07) is 0. The molecule has 0 amide bonds. The van der Waals surface area contributed by atoms with Crippen molar-refractivity contribution in [2.75, 3.05) is 11.7 Å². The van der Waals surface area contributed by atoms with Crippen molar-refractivity contribution >= 4 is 19.1 Å². The highest BCUT2D eigenvalue weighted by Crippen LogP contribution is 2.05. The molecule has 0 fully saturated rings. The minimum absolute atomic E-state index is 0.362. The smallest absolute Gasteiger partial charge is 0.402 e. The van der Waals surface area contributed by atoms with Gasteiger partial charge < -0.3 is 14.7 Å². The van der Waals surface area contributed by atoms with Crippen molar-refractivity contribution in [3.8, 4) is 0 Å². The molecule has 0 aliphatic heterocycles. The molecular formula is C6H15BO3S. The van der Waals surface area contributed by atoms with Crippen molar-refractivity contribution in [2.24, 2.45) is 0 Å². The minimum Gasteiger partial charge on any atom is -0.402 e. The minimum atomic E-state index is -1.62. The predicted octanol–water partition coefficient (Wildman–Crippen LogP) is 0.853. The van der Waals surface area contributed by atoms with Crippen molar-refractivity contribution in [1.82, 2.24) is 0 Å². The number of thioether (sulfide) groups is 1. The highest BCUT2D eigenvalue weighted by Gasteiger charge is 2.06. The van der Waals surface area contributed by atoms with Gasteiger partial charge >= 0.3 is 7.32 Å². The second kappa shape index (κ2) is 8.39. The summed E-state index contributed by atoms with van der Waals surface area (Å²) in [5, 5.41) is 16.6. The Bertz CT molecular complexity index is 82.2. The number of hydrogen-bond donors (Lipinski definition) is 2. The average molecular weight is 178 g/mol. The molecule has 0 radical (unpaired) electrons. The quantitative estimate of drug-likeness (QED) is 0.344. The molecule has 0 aromatic heterocycles. The van der Waals surface area contributed by atoms with Crippen molar-refractivity contribution in [3.63, 3.8) is 0 Å². The van der Waals surface area contributed by atoms with Gasteiger partial charge in [-0.05, 0) is 12.2 Å². The van der Waals surface area contributed by atoms with Crippen LogP contribution in [0, 0.1) is 0 Å². The zero-order valence-corrected chi connectivity index (χ0v) is 7.64. The van der Waals surface area contributed by atoms with E-state index in [2.05, 4.69) is 11.6 Å². The predicted molar refractivity (Wildman–Crippen MR) is 48.1 cm³/mol. The molecule has 0 aliphatic rings. The second-order valence-corrected chi connectivity index (χ2v) is 3.28. The maximum Gasteiger partial charge on any atom is 0.634 e. The van der Waals surface area contributed by atoms with Gasteiger partial charge in [-0.1, -0.05) is 19.8 Å². The molecular weight excluding hydrogens is 163 g/mol. The highest BCUT2D eigenvalue weighted by atomic mass is 32.2. The van der Waals surface area contributed by atoms with Crippen molar-refractivity contribution in [3.05, 3.63) is 0 Å². The zero-order valence-electron chi connectivity index (χ0n) is 6.82. The van der Waals surface area contributed by atoms with E-state index in [1.165, 1.54) is 19.3 Å². The first kappa shape index (κ1) is 11.3. The van der Waals surface area contributed by atoms with E-state index in [1.54, 1.807) is 11.8 Å². The van der Waals surface area contributed by atoms with Crippen LogP contribution in [0.1, 0.15) is 26.2 Å². The van der Waals surface area contributed by atoms with Crippen LogP contribution < -0.4 is 0 Å². The molecule has 3 nitrogen and oxygen atoms in total. The fourth-order valence-electron chi connectivity index (χ4n) is 0.622. The number of rotatable bonds is 7. The Kier molecular flexibility index (Phi) is 8.62. The van der Waals surface area contributed by atoms with Gasteiger partial charge in [-0.25, -0.2) is 0 Å². The maximum atomic E-state index is 8.28. The first-order chi connectivity index (χ1) is 5.27. The SMILES string of the molecule is CCCCCSCOB(O)O. The van der Waals surface area contributed by atoms with Gasteiger partial charge in [-0.2, -0.15) is 0 Å². The van der Waals surface area contributed by atoms with Crippen LogP contribution in [-0.4, -0.2) is 29.1 Å².